The van der Waals surface area contributed by atoms with Gasteiger partial charge in [-0.15, -0.1) is 0 Å². The van der Waals surface area contributed by atoms with E-state index in [1.807, 2.05) is 19.3 Å². The first-order valence-corrected chi connectivity index (χ1v) is 12.4. The van der Waals surface area contributed by atoms with E-state index in [1.54, 1.807) is 0 Å². The molecule has 2 atom stereocenters. The molecule has 2 aliphatic carbocycles. The Morgan fingerprint density at radius 2 is 1.42 bits per heavy atom. The van der Waals surface area contributed by atoms with Crippen LogP contribution in [0, 0.1) is 5.92 Å². The van der Waals surface area contributed by atoms with Gasteiger partial charge in [-0.1, -0.05) is 117 Å². The van der Waals surface area contributed by atoms with Gasteiger partial charge in [0.05, 0.1) is 0 Å². The molecule has 2 aromatic carbocycles. The summed E-state index contributed by atoms with van der Waals surface area (Å²) in [6.45, 7) is 0. The second-order valence-corrected chi connectivity index (χ2v) is 9.53. The number of hydrogen-bond acceptors (Lipinski definition) is 1. The van der Waals surface area contributed by atoms with Crippen LogP contribution in [0.3, 0.4) is 0 Å². The Labute approximate surface area is 193 Å². The average molecular weight is 435 g/mol. The summed E-state index contributed by atoms with van der Waals surface area (Å²) in [5.74, 6) is 0.740. The van der Waals surface area contributed by atoms with Crippen LogP contribution in [0.15, 0.2) is 77.9 Å². The lowest BCUT2D eigenvalue weighted by molar-refractivity contribution is -0.0147. The number of ether oxygens (including phenoxy) is 1. The van der Waals surface area contributed by atoms with E-state index in [1.165, 1.54) is 62.5 Å². The molecule has 0 aliphatic heterocycles. The summed E-state index contributed by atoms with van der Waals surface area (Å²) in [7, 11) is 1.82. The molecule has 31 heavy (non-hydrogen) atoms. The summed E-state index contributed by atoms with van der Waals surface area (Å²) in [6, 6.07) is 19.9. The maximum absolute atomic E-state index is 6.78. The van der Waals surface area contributed by atoms with Gasteiger partial charge in [-0.2, -0.15) is 0 Å². The molecule has 0 N–H and O–H groups in total. The minimum atomic E-state index is -0.601. The maximum atomic E-state index is 6.78. The highest BCUT2D eigenvalue weighted by Crippen LogP contribution is 2.47. The molecule has 0 aromatic heterocycles. The van der Waals surface area contributed by atoms with Crippen LogP contribution in [0.2, 0.25) is 0 Å². The van der Waals surface area contributed by atoms with Gasteiger partial charge in [0.1, 0.15) is 5.60 Å². The quantitative estimate of drug-likeness (QED) is 0.458. The first kappa shape index (κ1) is 22.4. The average Bonchev–Trinajstić information content (AvgIpc) is 2.96. The zero-order valence-electron chi connectivity index (χ0n) is 18.7. The van der Waals surface area contributed by atoms with Gasteiger partial charge in [-0.3, -0.25) is 0 Å². The summed E-state index contributed by atoms with van der Waals surface area (Å²) in [5.41, 5.74) is 3.21. The molecule has 2 aliphatic rings. The Bertz CT molecular complexity index is 873. The molecule has 0 amide bonds. The third kappa shape index (κ3) is 4.83. The normalized spacial score (nSPS) is 22.6. The molecule has 0 spiro atoms. The molecule has 2 unspecified atom stereocenters. The Kier molecular flexibility index (Phi) is 7.69. The zero-order chi connectivity index (χ0) is 21.5. The number of allylic oxidation sites excluding steroid dienone is 3. The molecule has 0 saturated heterocycles. The van der Waals surface area contributed by atoms with E-state index in [9.17, 15) is 0 Å². The SMILES string of the molecule is COC(c1ccccc1)(c1ccc(C2CCCCCCCC2)cc1)C1CC=CC=C1Cl. The van der Waals surface area contributed by atoms with Crippen molar-refractivity contribution >= 4 is 11.6 Å². The molecule has 1 saturated carbocycles. The van der Waals surface area contributed by atoms with E-state index in [0.717, 1.165) is 17.0 Å². The van der Waals surface area contributed by atoms with Crippen LogP contribution in [0.25, 0.3) is 0 Å². The van der Waals surface area contributed by atoms with Crippen molar-refractivity contribution in [2.45, 2.75) is 69.3 Å². The molecule has 4 rings (SSSR count). The first-order valence-electron chi connectivity index (χ1n) is 12.0. The fourth-order valence-electron chi connectivity index (χ4n) is 5.57. The van der Waals surface area contributed by atoms with Crippen LogP contribution < -0.4 is 0 Å². The Hall–Kier alpha value is -1.83. The summed E-state index contributed by atoms with van der Waals surface area (Å²) in [4.78, 5) is 0. The van der Waals surface area contributed by atoms with Gasteiger partial charge in [0.25, 0.3) is 0 Å². The Balaban J connectivity index is 1.70. The molecule has 0 bridgehead atoms. The fraction of sp³-hybridized carbons (Fsp3) is 0.448. The number of hydrogen-bond donors (Lipinski definition) is 0. The van der Waals surface area contributed by atoms with Crippen molar-refractivity contribution in [3.8, 4) is 0 Å². The highest BCUT2D eigenvalue weighted by atomic mass is 35.5. The van der Waals surface area contributed by atoms with Crippen molar-refractivity contribution in [3.05, 3.63) is 94.5 Å². The van der Waals surface area contributed by atoms with E-state index in [4.69, 9.17) is 16.3 Å². The summed E-state index contributed by atoms with van der Waals surface area (Å²) >= 11 is 6.78. The molecular formula is C29H35ClO. The van der Waals surface area contributed by atoms with Gasteiger partial charge in [0.15, 0.2) is 0 Å². The predicted molar refractivity (Wildman–Crippen MR) is 132 cm³/mol. The van der Waals surface area contributed by atoms with Gasteiger partial charge in [-0.05, 0) is 47.9 Å². The van der Waals surface area contributed by atoms with Gasteiger partial charge in [0.2, 0.25) is 0 Å². The zero-order valence-corrected chi connectivity index (χ0v) is 19.5. The lowest BCUT2D eigenvalue weighted by atomic mass is 9.72. The fourth-order valence-corrected chi connectivity index (χ4v) is 5.88. The number of rotatable bonds is 5. The topological polar surface area (TPSA) is 9.23 Å². The second-order valence-electron chi connectivity index (χ2n) is 9.09. The molecule has 0 radical (unpaired) electrons. The minimum Gasteiger partial charge on any atom is -0.368 e. The monoisotopic (exact) mass is 434 g/mol. The molecule has 164 valence electrons. The van der Waals surface area contributed by atoms with Gasteiger partial charge >= 0.3 is 0 Å². The van der Waals surface area contributed by atoms with E-state index in [2.05, 4.69) is 60.7 Å². The van der Waals surface area contributed by atoms with Crippen molar-refractivity contribution < 1.29 is 4.74 Å². The van der Waals surface area contributed by atoms with Gasteiger partial charge in [0, 0.05) is 18.1 Å². The molecule has 2 heteroatoms. The number of methoxy groups -OCH3 is 1. The smallest absolute Gasteiger partial charge is 0.126 e. The standard InChI is InChI=1S/C29H35ClO/c1-31-29(25-15-9-6-10-16-25,27-17-11-12-18-28(27)30)26-21-19-24(20-22-26)23-13-7-4-2-3-5-8-14-23/h6,9-12,15-16,18-23,27H,2-5,7-8,13-14,17H2,1H3. The van der Waals surface area contributed by atoms with Crippen molar-refractivity contribution in [2.24, 2.45) is 5.92 Å². The van der Waals surface area contributed by atoms with E-state index < -0.39 is 5.60 Å². The van der Waals surface area contributed by atoms with Crippen LogP contribution in [0.1, 0.15) is 80.4 Å². The molecule has 0 heterocycles. The van der Waals surface area contributed by atoms with Crippen molar-refractivity contribution in [3.63, 3.8) is 0 Å². The van der Waals surface area contributed by atoms with E-state index in [0.29, 0.717) is 5.92 Å². The summed E-state index contributed by atoms with van der Waals surface area (Å²) in [5, 5.41) is 0.855. The molecular weight excluding hydrogens is 400 g/mol. The van der Waals surface area contributed by atoms with Gasteiger partial charge < -0.3 is 4.74 Å². The van der Waals surface area contributed by atoms with Crippen LogP contribution in [0.5, 0.6) is 0 Å². The highest BCUT2D eigenvalue weighted by Gasteiger charge is 2.44. The third-order valence-electron chi connectivity index (χ3n) is 7.28. The minimum absolute atomic E-state index is 0.0577. The lowest BCUT2D eigenvalue weighted by Gasteiger charge is -2.41. The largest absolute Gasteiger partial charge is 0.368 e. The molecule has 1 fully saturated rings. The second kappa shape index (κ2) is 10.7. The van der Waals surface area contributed by atoms with Crippen LogP contribution in [-0.4, -0.2) is 7.11 Å². The maximum Gasteiger partial charge on any atom is 0.126 e. The van der Waals surface area contributed by atoms with Crippen LogP contribution >= 0.6 is 11.6 Å². The Morgan fingerprint density at radius 3 is 2.03 bits per heavy atom. The molecule has 2 aromatic rings. The highest BCUT2D eigenvalue weighted by molar-refractivity contribution is 6.30. The van der Waals surface area contributed by atoms with Crippen LogP contribution in [-0.2, 0) is 10.3 Å². The number of halogens is 1. The van der Waals surface area contributed by atoms with E-state index in [-0.39, 0.29) is 5.92 Å². The third-order valence-corrected chi connectivity index (χ3v) is 7.67. The summed E-state index contributed by atoms with van der Waals surface area (Å²) in [6.07, 6.45) is 18.0. The van der Waals surface area contributed by atoms with Gasteiger partial charge in [-0.25, -0.2) is 0 Å². The Morgan fingerprint density at radius 1 is 0.806 bits per heavy atom. The van der Waals surface area contributed by atoms with E-state index >= 15 is 0 Å². The lowest BCUT2D eigenvalue weighted by Crippen LogP contribution is -2.39. The van der Waals surface area contributed by atoms with Crippen LogP contribution in [0.4, 0.5) is 0 Å². The first-order chi connectivity index (χ1) is 15.3. The van der Waals surface area contributed by atoms with Crippen molar-refractivity contribution in [2.75, 3.05) is 7.11 Å². The summed E-state index contributed by atoms with van der Waals surface area (Å²) < 4.78 is 6.40. The predicted octanol–water partition coefficient (Wildman–Crippen LogP) is 8.49. The van der Waals surface area contributed by atoms with Crippen molar-refractivity contribution in [1.29, 1.82) is 0 Å². The number of benzene rings is 2. The molecule has 1 nitrogen and oxygen atoms in total. The van der Waals surface area contributed by atoms with Crippen molar-refractivity contribution in [1.82, 2.24) is 0 Å².